The molecule has 0 spiro atoms. The summed E-state index contributed by atoms with van der Waals surface area (Å²) in [6.45, 7) is 3.57. The van der Waals surface area contributed by atoms with Crippen molar-refractivity contribution >= 4 is 27.5 Å². The minimum Gasteiger partial charge on any atom is -0.466 e. The predicted molar refractivity (Wildman–Crippen MR) is 72.6 cm³/mol. The summed E-state index contributed by atoms with van der Waals surface area (Å²) in [5, 5.41) is 4.24. The summed E-state index contributed by atoms with van der Waals surface area (Å²) in [6, 6.07) is 8.07. The van der Waals surface area contributed by atoms with Crippen molar-refractivity contribution in [2.45, 2.75) is 19.9 Å². The highest BCUT2D eigenvalue weighted by atomic mass is 32.1. The molecule has 2 aromatic rings. The number of fused-ring (bicyclic) bond motifs is 1. The van der Waals surface area contributed by atoms with Crippen LogP contribution in [0.5, 0.6) is 0 Å². The molecule has 0 aliphatic heterocycles. The van der Waals surface area contributed by atoms with E-state index < -0.39 is 0 Å². The number of carbonyl (C=O) groups is 1. The molecule has 0 amide bonds. The molecular weight excluding hydrogens is 248 g/mol. The van der Waals surface area contributed by atoms with Gasteiger partial charge in [0.1, 0.15) is 5.01 Å². The third-order valence-electron chi connectivity index (χ3n) is 2.43. The third-order valence-corrected chi connectivity index (χ3v) is 3.46. The molecule has 0 fully saturated rings. The first-order chi connectivity index (χ1) is 8.79. The van der Waals surface area contributed by atoms with E-state index in [1.165, 1.54) is 4.70 Å². The maximum absolute atomic E-state index is 11.1. The monoisotopic (exact) mass is 264 g/mol. The Balaban J connectivity index is 1.78. The molecule has 1 aromatic carbocycles. The third kappa shape index (κ3) is 3.51. The summed E-state index contributed by atoms with van der Waals surface area (Å²) in [4.78, 5) is 15.6. The maximum Gasteiger partial charge on any atom is 0.307 e. The van der Waals surface area contributed by atoms with Crippen LogP contribution in [0.3, 0.4) is 0 Å². The summed E-state index contributed by atoms with van der Waals surface area (Å²) < 4.78 is 6.04. The van der Waals surface area contributed by atoms with Crippen LogP contribution in [0.4, 0.5) is 0 Å². The fourth-order valence-corrected chi connectivity index (χ4v) is 2.55. The molecule has 1 aromatic heterocycles. The number of nitrogens with zero attached hydrogens (tertiary/aromatic N) is 1. The van der Waals surface area contributed by atoms with Gasteiger partial charge in [0.05, 0.1) is 23.2 Å². The Labute approximate surface area is 110 Å². The van der Waals surface area contributed by atoms with Crippen molar-refractivity contribution in [3.63, 3.8) is 0 Å². The molecule has 2 rings (SSSR count). The minimum atomic E-state index is -0.158. The summed E-state index contributed by atoms with van der Waals surface area (Å²) >= 11 is 1.68. The number of aromatic nitrogens is 1. The second kappa shape index (κ2) is 6.47. The number of hydrogen-bond acceptors (Lipinski definition) is 5. The molecular formula is C13H16N2O2S. The Kier molecular flexibility index (Phi) is 4.66. The Bertz CT molecular complexity index is 491. The fourth-order valence-electron chi connectivity index (χ4n) is 1.61. The van der Waals surface area contributed by atoms with Gasteiger partial charge < -0.3 is 10.1 Å². The molecule has 0 saturated carbocycles. The Hall–Kier alpha value is -1.46. The van der Waals surface area contributed by atoms with Crippen LogP contribution in [0, 0.1) is 0 Å². The van der Waals surface area contributed by atoms with Gasteiger partial charge >= 0.3 is 5.97 Å². The standard InChI is InChI=1S/C13H16N2O2S/c1-2-17-13(16)7-8-14-9-12-15-10-5-3-4-6-11(10)18-12/h3-6,14H,2,7-9H2,1H3. The second-order valence-electron chi connectivity index (χ2n) is 3.81. The van der Waals surface area contributed by atoms with Crippen LogP contribution in [-0.2, 0) is 16.1 Å². The van der Waals surface area contributed by atoms with Gasteiger partial charge in [0.2, 0.25) is 0 Å². The van der Waals surface area contributed by atoms with E-state index in [1.54, 1.807) is 11.3 Å². The van der Waals surface area contributed by atoms with E-state index in [4.69, 9.17) is 4.74 Å². The van der Waals surface area contributed by atoms with E-state index in [9.17, 15) is 4.79 Å². The van der Waals surface area contributed by atoms with Crippen LogP contribution in [0.15, 0.2) is 24.3 Å². The number of rotatable bonds is 6. The highest BCUT2D eigenvalue weighted by Crippen LogP contribution is 2.21. The van der Waals surface area contributed by atoms with Gasteiger partial charge in [-0.2, -0.15) is 0 Å². The predicted octanol–water partition coefficient (Wildman–Crippen LogP) is 2.34. The number of benzene rings is 1. The van der Waals surface area contributed by atoms with Crippen LogP contribution in [0.1, 0.15) is 18.4 Å². The van der Waals surface area contributed by atoms with Crippen molar-refractivity contribution in [3.05, 3.63) is 29.3 Å². The van der Waals surface area contributed by atoms with E-state index >= 15 is 0 Å². The number of para-hydroxylation sites is 1. The van der Waals surface area contributed by atoms with Crippen molar-refractivity contribution in [2.75, 3.05) is 13.2 Å². The highest BCUT2D eigenvalue weighted by molar-refractivity contribution is 7.18. The van der Waals surface area contributed by atoms with Crippen LogP contribution in [0.2, 0.25) is 0 Å². The van der Waals surface area contributed by atoms with Crippen LogP contribution in [-0.4, -0.2) is 24.1 Å². The lowest BCUT2D eigenvalue weighted by atomic mass is 10.3. The van der Waals surface area contributed by atoms with E-state index in [0.29, 0.717) is 26.1 Å². The van der Waals surface area contributed by atoms with Crippen molar-refractivity contribution in [3.8, 4) is 0 Å². The van der Waals surface area contributed by atoms with Gasteiger partial charge in [0, 0.05) is 13.1 Å². The van der Waals surface area contributed by atoms with Gasteiger partial charge in [-0.3, -0.25) is 4.79 Å². The zero-order valence-electron chi connectivity index (χ0n) is 10.3. The van der Waals surface area contributed by atoms with Crippen LogP contribution in [0.25, 0.3) is 10.2 Å². The molecule has 4 nitrogen and oxygen atoms in total. The first kappa shape index (κ1) is 13.0. The fraction of sp³-hybridized carbons (Fsp3) is 0.385. The molecule has 1 heterocycles. The average Bonchev–Trinajstić information content (AvgIpc) is 2.77. The Morgan fingerprint density at radius 1 is 1.44 bits per heavy atom. The molecule has 0 aliphatic rings. The smallest absolute Gasteiger partial charge is 0.307 e. The molecule has 0 saturated heterocycles. The molecule has 0 unspecified atom stereocenters. The largest absolute Gasteiger partial charge is 0.466 e. The first-order valence-corrected chi connectivity index (χ1v) is 6.82. The van der Waals surface area contributed by atoms with Crippen LogP contribution < -0.4 is 5.32 Å². The lowest BCUT2D eigenvalue weighted by Crippen LogP contribution is -2.18. The zero-order chi connectivity index (χ0) is 12.8. The molecule has 0 radical (unpaired) electrons. The summed E-state index contributed by atoms with van der Waals surface area (Å²) in [7, 11) is 0. The zero-order valence-corrected chi connectivity index (χ0v) is 11.1. The molecule has 18 heavy (non-hydrogen) atoms. The number of hydrogen-bond donors (Lipinski definition) is 1. The van der Waals surface area contributed by atoms with E-state index in [-0.39, 0.29) is 5.97 Å². The van der Waals surface area contributed by atoms with Crippen molar-refractivity contribution in [1.82, 2.24) is 10.3 Å². The van der Waals surface area contributed by atoms with Gasteiger partial charge in [-0.1, -0.05) is 12.1 Å². The van der Waals surface area contributed by atoms with Gasteiger partial charge in [-0.15, -0.1) is 11.3 Å². The molecule has 0 bridgehead atoms. The van der Waals surface area contributed by atoms with Crippen molar-refractivity contribution in [1.29, 1.82) is 0 Å². The summed E-state index contributed by atoms with van der Waals surface area (Å²) in [5.41, 5.74) is 1.03. The Morgan fingerprint density at radius 2 is 2.28 bits per heavy atom. The minimum absolute atomic E-state index is 0.158. The lowest BCUT2D eigenvalue weighted by molar-refractivity contribution is -0.142. The first-order valence-electron chi connectivity index (χ1n) is 6.00. The highest BCUT2D eigenvalue weighted by Gasteiger charge is 2.04. The normalized spacial score (nSPS) is 10.7. The SMILES string of the molecule is CCOC(=O)CCNCc1nc2ccccc2s1. The number of thiazole rings is 1. The summed E-state index contributed by atoms with van der Waals surface area (Å²) in [5.74, 6) is -0.158. The van der Waals surface area contributed by atoms with Crippen LogP contribution >= 0.6 is 11.3 Å². The molecule has 96 valence electrons. The average molecular weight is 264 g/mol. The van der Waals surface area contributed by atoms with E-state index in [2.05, 4.69) is 16.4 Å². The van der Waals surface area contributed by atoms with Crippen molar-refractivity contribution in [2.24, 2.45) is 0 Å². The van der Waals surface area contributed by atoms with Gasteiger partial charge in [0.25, 0.3) is 0 Å². The molecule has 0 atom stereocenters. The number of carbonyl (C=O) groups excluding carboxylic acids is 1. The topological polar surface area (TPSA) is 51.2 Å². The summed E-state index contributed by atoms with van der Waals surface area (Å²) in [6.07, 6.45) is 0.402. The number of esters is 1. The molecule has 5 heteroatoms. The van der Waals surface area contributed by atoms with Gasteiger partial charge in [-0.05, 0) is 19.1 Å². The maximum atomic E-state index is 11.1. The van der Waals surface area contributed by atoms with E-state index in [1.807, 2.05) is 25.1 Å². The quantitative estimate of drug-likeness (QED) is 0.642. The lowest BCUT2D eigenvalue weighted by Gasteiger charge is -2.02. The number of ether oxygens (including phenoxy) is 1. The second-order valence-corrected chi connectivity index (χ2v) is 4.92. The number of nitrogens with one attached hydrogen (secondary N) is 1. The van der Waals surface area contributed by atoms with Gasteiger partial charge in [0.15, 0.2) is 0 Å². The van der Waals surface area contributed by atoms with E-state index in [0.717, 1.165) is 10.5 Å². The molecule has 1 N–H and O–H groups in total. The van der Waals surface area contributed by atoms with Gasteiger partial charge in [-0.25, -0.2) is 4.98 Å². The Morgan fingerprint density at radius 3 is 3.06 bits per heavy atom. The van der Waals surface area contributed by atoms with Crippen molar-refractivity contribution < 1.29 is 9.53 Å². The molecule has 0 aliphatic carbocycles.